The molecule has 0 bridgehead atoms. The maximum Gasteiger partial charge on any atom is 0.273 e. The first-order chi connectivity index (χ1) is 25.4. The molecule has 0 saturated carbocycles. The Morgan fingerprint density at radius 2 is 1.59 bits per heavy atom. The quantitative estimate of drug-likeness (QED) is 0.193. The van der Waals surface area contributed by atoms with E-state index < -0.39 is 56.2 Å². The lowest BCUT2D eigenvalue weighted by Crippen LogP contribution is -2.60. The summed E-state index contributed by atoms with van der Waals surface area (Å²) in [6.45, 7) is 11.0. The van der Waals surface area contributed by atoms with Gasteiger partial charge in [0.2, 0.25) is 11.8 Å². The highest BCUT2D eigenvalue weighted by Crippen LogP contribution is 2.29. The molecule has 1 aliphatic rings. The second kappa shape index (κ2) is 16.7. The van der Waals surface area contributed by atoms with Crippen molar-refractivity contribution in [1.82, 2.24) is 30.4 Å². The summed E-state index contributed by atoms with van der Waals surface area (Å²) in [7, 11) is -3.76. The zero-order valence-corrected chi connectivity index (χ0v) is 32.7. The van der Waals surface area contributed by atoms with Crippen LogP contribution in [0.3, 0.4) is 0 Å². The number of aliphatic hydroxyl groups is 1. The number of carbonyl (C=O) groups is 3. The van der Waals surface area contributed by atoms with Gasteiger partial charge < -0.3 is 20.6 Å². The summed E-state index contributed by atoms with van der Waals surface area (Å²) in [4.78, 5) is 53.5. The number of piperidine rings is 1. The summed E-state index contributed by atoms with van der Waals surface area (Å²) < 4.78 is 27.3. The van der Waals surface area contributed by atoms with Gasteiger partial charge in [-0.2, -0.15) is 0 Å². The SMILES string of the molecule is CC(C)(C)NC(=O)C1C[C@H](S(=O)(=O)c2ccncc2)CCN1C[C@@H](O)[C@H](Cc1ccccc1)NC(=O)CN(C(=O)c1ccc2ccccc2n1)C(C)(C)C. The fourth-order valence-electron chi connectivity index (χ4n) is 6.78. The molecule has 0 radical (unpaired) electrons. The van der Waals surface area contributed by atoms with Crippen LogP contribution in [0.4, 0.5) is 0 Å². The van der Waals surface area contributed by atoms with Crippen molar-refractivity contribution in [1.29, 1.82) is 0 Å². The third-order valence-corrected chi connectivity index (χ3v) is 11.8. The summed E-state index contributed by atoms with van der Waals surface area (Å²) in [5.74, 6) is -1.21. The van der Waals surface area contributed by atoms with Gasteiger partial charge in [-0.25, -0.2) is 13.4 Å². The van der Waals surface area contributed by atoms with Crippen molar-refractivity contribution in [2.24, 2.45) is 0 Å². The number of β-amino-alcohol motifs (C(OH)–C–C–N with tert-alkyl or cyclic N) is 1. The third kappa shape index (κ3) is 10.3. The van der Waals surface area contributed by atoms with Crippen molar-refractivity contribution >= 4 is 38.5 Å². The number of hydrogen-bond donors (Lipinski definition) is 3. The first kappa shape index (κ1) is 40.5. The lowest BCUT2D eigenvalue weighted by molar-refractivity contribution is -0.130. The van der Waals surface area contributed by atoms with Gasteiger partial charge in [-0.3, -0.25) is 24.3 Å². The van der Waals surface area contributed by atoms with Crippen LogP contribution in [0.5, 0.6) is 0 Å². The minimum absolute atomic E-state index is 0.00897. The molecule has 4 atom stereocenters. The van der Waals surface area contributed by atoms with E-state index in [1.807, 2.05) is 107 Å². The Bertz CT molecular complexity index is 2030. The van der Waals surface area contributed by atoms with Crippen molar-refractivity contribution in [3.05, 3.63) is 103 Å². The average molecular weight is 757 g/mol. The fourth-order valence-corrected chi connectivity index (χ4v) is 8.52. The Kier molecular flexibility index (Phi) is 12.5. The summed E-state index contributed by atoms with van der Waals surface area (Å²) in [6, 6.07) is 21.7. The molecule has 5 rings (SSSR count). The first-order valence-corrected chi connectivity index (χ1v) is 19.9. The van der Waals surface area contributed by atoms with Crippen LogP contribution in [0, 0.1) is 0 Å². The maximum absolute atomic E-state index is 13.9. The lowest BCUT2D eigenvalue weighted by Gasteiger charge is -2.41. The summed E-state index contributed by atoms with van der Waals surface area (Å²) in [6.07, 6.45) is 2.25. The molecule has 1 aliphatic heterocycles. The van der Waals surface area contributed by atoms with Crippen LogP contribution < -0.4 is 10.6 Å². The van der Waals surface area contributed by atoms with Gasteiger partial charge in [0.1, 0.15) is 12.2 Å². The number of carbonyl (C=O) groups excluding carboxylic acids is 3. The van der Waals surface area contributed by atoms with Crippen LogP contribution in [0.15, 0.2) is 96.2 Å². The predicted molar refractivity (Wildman–Crippen MR) is 208 cm³/mol. The first-order valence-electron chi connectivity index (χ1n) is 18.3. The van der Waals surface area contributed by atoms with Crippen molar-refractivity contribution in [3.8, 4) is 0 Å². The lowest BCUT2D eigenvalue weighted by atomic mass is 9.96. The molecule has 54 heavy (non-hydrogen) atoms. The van der Waals surface area contributed by atoms with Gasteiger partial charge in [0.15, 0.2) is 9.84 Å². The van der Waals surface area contributed by atoms with Crippen LogP contribution in [0.2, 0.25) is 0 Å². The smallest absolute Gasteiger partial charge is 0.273 e. The van der Waals surface area contributed by atoms with Crippen molar-refractivity contribution in [2.45, 2.75) is 100 Å². The number of nitrogens with one attached hydrogen (secondary N) is 2. The maximum atomic E-state index is 13.9. The largest absolute Gasteiger partial charge is 0.390 e. The monoisotopic (exact) mass is 756 g/mol. The predicted octanol–water partition coefficient (Wildman–Crippen LogP) is 4.18. The van der Waals surface area contributed by atoms with Gasteiger partial charge in [0, 0.05) is 41.9 Å². The zero-order valence-electron chi connectivity index (χ0n) is 31.9. The molecule has 1 fully saturated rings. The molecule has 0 spiro atoms. The number of pyridine rings is 2. The number of benzene rings is 2. The van der Waals surface area contributed by atoms with Gasteiger partial charge in [0.25, 0.3) is 5.91 Å². The Hall–Kier alpha value is -4.72. The minimum atomic E-state index is -3.76. The summed E-state index contributed by atoms with van der Waals surface area (Å²) in [5.41, 5.74) is 0.424. The van der Waals surface area contributed by atoms with Gasteiger partial charge in [-0.1, -0.05) is 54.6 Å². The second-order valence-corrected chi connectivity index (χ2v) is 18.2. The second-order valence-electron chi connectivity index (χ2n) is 16.0. The standard InChI is InChI=1S/C41H52N6O6S/c1-40(2,3)45-38(50)35-25-31(54(52,53)30-18-21-42-22-19-30)20-23-46(35)26-36(48)34(24-28-12-8-7-9-13-28)44-37(49)27-47(41(4,5)6)39(51)33-17-16-29-14-10-11-15-32(29)43-33/h7-19,21-22,31,34-36,48H,20,23-27H2,1-6H3,(H,44,49)(H,45,50)/t31-,34+,35?,36-/m1/s1. The van der Waals surface area contributed by atoms with Crippen molar-refractivity contribution in [2.75, 3.05) is 19.6 Å². The van der Waals surface area contributed by atoms with E-state index >= 15 is 0 Å². The number of hydrogen-bond acceptors (Lipinski definition) is 9. The number of fused-ring (bicyclic) bond motifs is 1. The van der Waals surface area contributed by atoms with E-state index in [4.69, 9.17) is 0 Å². The number of aliphatic hydroxyl groups excluding tert-OH is 1. The molecule has 13 heteroatoms. The fraction of sp³-hybridized carbons (Fsp3) is 0.439. The highest BCUT2D eigenvalue weighted by molar-refractivity contribution is 7.92. The highest BCUT2D eigenvalue weighted by Gasteiger charge is 2.42. The Labute approximate surface area is 318 Å². The Balaban J connectivity index is 1.37. The van der Waals surface area contributed by atoms with E-state index in [0.717, 1.165) is 10.9 Å². The number of nitrogens with zero attached hydrogens (tertiary/aromatic N) is 4. The number of amides is 3. The van der Waals surface area contributed by atoms with Gasteiger partial charge >= 0.3 is 0 Å². The number of sulfone groups is 1. The molecule has 1 unspecified atom stereocenters. The third-order valence-electron chi connectivity index (χ3n) is 9.59. The molecule has 0 aliphatic carbocycles. The van der Waals surface area contributed by atoms with Gasteiger partial charge in [-0.05, 0) is 90.6 Å². The molecule has 2 aromatic heterocycles. The summed E-state index contributed by atoms with van der Waals surface area (Å²) >= 11 is 0. The number of rotatable bonds is 12. The molecule has 1 saturated heterocycles. The number of aromatic nitrogens is 2. The highest BCUT2D eigenvalue weighted by atomic mass is 32.2. The van der Waals surface area contributed by atoms with Gasteiger partial charge in [-0.15, -0.1) is 0 Å². The molecule has 12 nitrogen and oxygen atoms in total. The Morgan fingerprint density at radius 3 is 2.26 bits per heavy atom. The van der Waals surface area contributed by atoms with Crippen LogP contribution in [-0.4, -0.2) is 105 Å². The van der Waals surface area contributed by atoms with Crippen molar-refractivity contribution in [3.63, 3.8) is 0 Å². The molecule has 3 N–H and O–H groups in total. The molecule has 4 aromatic rings. The molecule has 288 valence electrons. The normalized spacial score (nSPS) is 18.1. The number of para-hydroxylation sites is 1. The summed E-state index contributed by atoms with van der Waals surface area (Å²) in [5, 5.41) is 18.0. The van der Waals surface area contributed by atoms with Crippen LogP contribution >= 0.6 is 0 Å². The van der Waals surface area contributed by atoms with E-state index in [9.17, 15) is 27.9 Å². The Morgan fingerprint density at radius 1 is 0.926 bits per heavy atom. The topological polar surface area (TPSA) is 162 Å². The van der Waals surface area contributed by atoms with E-state index in [2.05, 4.69) is 20.6 Å². The average Bonchev–Trinajstić information content (AvgIpc) is 3.12. The van der Waals surface area contributed by atoms with Gasteiger partial charge in [0.05, 0.1) is 33.8 Å². The molecular weight excluding hydrogens is 705 g/mol. The van der Waals surface area contributed by atoms with E-state index in [1.54, 1.807) is 6.07 Å². The van der Waals surface area contributed by atoms with Crippen LogP contribution in [-0.2, 0) is 25.8 Å². The zero-order chi connectivity index (χ0) is 39.3. The van der Waals surface area contributed by atoms with Crippen molar-refractivity contribution < 1.29 is 27.9 Å². The van der Waals surface area contributed by atoms with Crippen LogP contribution in [0.1, 0.15) is 70.4 Å². The molecule has 2 aromatic carbocycles. The molecule has 3 heterocycles. The minimum Gasteiger partial charge on any atom is -0.390 e. The van der Waals surface area contributed by atoms with Crippen LogP contribution in [0.25, 0.3) is 10.9 Å². The van der Waals surface area contributed by atoms with E-state index in [1.165, 1.54) is 29.4 Å². The number of likely N-dealkylation sites (tertiary alicyclic amines) is 1. The van der Waals surface area contributed by atoms with E-state index in [-0.39, 0.29) is 55.4 Å². The molecule has 3 amide bonds. The molecular formula is C41H52N6O6S. The van der Waals surface area contributed by atoms with E-state index in [0.29, 0.717) is 5.52 Å².